The number of non-ortho nitro benzene ring substituents is 1. The van der Waals surface area contributed by atoms with E-state index >= 15 is 0 Å². The highest BCUT2D eigenvalue weighted by molar-refractivity contribution is 6.39. The number of hydrogen-bond donors (Lipinski definition) is 1. The Kier molecular flexibility index (Phi) is 5.19. The van der Waals surface area contributed by atoms with Crippen LogP contribution in [0.3, 0.4) is 0 Å². The predicted molar refractivity (Wildman–Crippen MR) is 72.7 cm³/mol. The summed E-state index contributed by atoms with van der Waals surface area (Å²) in [6, 6.07) is 2.53. The third kappa shape index (κ3) is 3.73. The molecule has 0 aliphatic rings. The molecular weight excluding hydrogens is 279 g/mol. The Morgan fingerprint density at radius 3 is 2.33 bits per heavy atom. The first kappa shape index (κ1) is 15.0. The molecule has 0 fully saturated rings. The summed E-state index contributed by atoms with van der Waals surface area (Å²) in [5.41, 5.74) is 0.391. The van der Waals surface area contributed by atoms with Gasteiger partial charge in [-0.2, -0.15) is 0 Å². The molecule has 0 saturated carbocycles. The van der Waals surface area contributed by atoms with Crippen LogP contribution in [0.1, 0.15) is 13.3 Å². The van der Waals surface area contributed by atoms with E-state index in [-0.39, 0.29) is 15.7 Å². The van der Waals surface area contributed by atoms with Gasteiger partial charge >= 0.3 is 0 Å². The summed E-state index contributed by atoms with van der Waals surface area (Å²) in [6.45, 7) is 2.24. The Labute approximate surface area is 115 Å². The Balaban J connectivity index is 2.99. The quantitative estimate of drug-likeness (QED) is 0.669. The third-order valence-electron chi connectivity index (χ3n) is 2.48. The smallest absolute Gasteiger partial charge is 0.272 e. The van der Waals surface area contributed by atoms with Crippen molar-refractivity contribution in [2.45, 2.75) is 19.4 Å². The van der Waals surface area contributed by atoms with Gasteiger partial charge in [0.25, 0.3) is 5.69 Å². The average Bonchev–Trinajstić information content (AvgIpc) is 2.25. The highest BCUT2D eigenvalue weighted by Crippen LogP contribution is 2.36. The number of rotatable bonds is 5. The normalized spacial score (nSPS) is 12.3. The number of anilines is 1. The highest BCUT2D eigenvalue weighted by atomic mass is 35.5. The number of nitro benzene ring substituents is 1. The SMILES string of the molecule is CC(O)CCN(C)c1c(Cl)cc([N+](=O)[O-])cc1Cl. The maximum absolute atomic E-state index is 10.6. The average molecular weight is 293 g/mol. The Morgan fingerprint density at radius 2 is 1.94 bits per heavy atom. The summed E-state index contributed by atoms with van der Waals surface area (Å²) >= 11 is 12.0. The lowest BCUT2D eigenvalue weighted by Crippen LogP contribution is -2.22. The van der Waals surface area contributed by atoms with Gasteiger partial charge in [-0.05, 0) is 13.3 Å². The summed E-state index contributed by atoms with van der Waals surface area (Å²) in [5.74, 6) is 0. The Bertz CT molecular complexity index is 429. The number of nitro groups is 1. The number of hydrogen-bond acceptors (Lipinski definition) is 4. The second-order valence-corrected chi connectivity index (χ2v) is 4.89. The van der Waals surface area contributed by atoms with Gasteiger partial charge in [0.15, 0.2) is 0 Å². The zero-order valence-corrected chi connectivity index (χ0v) is 11.6. The number of halogens is 2. The summed E-state index contributed by atoms with van der Waals surface area (Å²) in [7, 11) is 1.77. The summed E-state index contributed by atoms with van der Waals surface area (Å²) in [4.78, 5) is 11.9. The molecule has 18 heavy (non-hydrogen) atoms. The van der Waals surface area contributed by atoms with Gasteiger partial charge in [0.05, 0.1) is 26.8 Å². The fraction of sp³-hybridized carbons (Fsp3) is 0.455. The maximum atomic E-state index is 10.6. The zero-order valence-electron chi connectivity index (χ0n) is 10.1. The van der Waals surface area contributed by atoms with Crippen LogP contribution >= 0.6 is 23.2 Å². The van der Waals surface area contributed by atoms with Crippen molar-refractivity contribution in [2.75, 3.05) is 18.5 Å². The second-order valence-electron chi connectivity index (χ2n) is 4.07. The summed E-state index contributed by atoms with van der Waals surface area (Å²) in [6.07, 6.45) is 0.128. The lowest BCUT2D eigenvalue weighted by atomic mass is 10.2. The van der Waals surface area contributed by atoms with Gasteiger partial charge in [-0.1, -0.05) is 23.2 Å². The molecule has 1 aromatic carbocycles. The van der Waals surface area contributed by atoms with Crippen LogP contribution < -0.4 is 4.90 Å². The van der Waals surface area contributed by atoms with Crippen LogP contribution in [0.5, 0.6) is 0 Å². The van der Waals surface area contributed by atoms with Crippen molar-refractivity contribution in [1.29, 1.82) is 0 Å². The fourth-order valence-electron chi connectivity index (χ4n) is 1.51. The van der Waals surface area contributed by atoms with E-state index in [9.17, 15) is 15.2 Å². The fourth-order valence-corrected chi connectivity index (χ4v) is 2.28. The van der Waals surface area contributed by atoms with Gasteiger partial charge in [-0.15, -0.1) is 0 Å². The third-order valence-corrected chi connectivity index (χ3v) is 3.05. The van der Waals surface area contributed by atoms with Crippen LogP contribution in [0.25, 0.3) is 0 Å². The molecule has 0 spiro atoms. The van der Waals surface area contributed by atoms with Crippen LogP contribution in [-0.2, 0) is 0 Å². The molecule has 1 N–H and O–H groups in total. The number of benzene rings is 1. The molecule has 0 aliphatic carbocycles. The Morgan fingerprint density at radius 1 is 1.44 bits per heavy atom. The van der Waals surface area contributed by atoms with E-state index in [1.54, 1.807) is 18.9 Å². The van der Waals surface area contributed by atoms with Crippen LogP contribution in [0.4, 0.5) is 11.4 Å². The zero-order chi connectivity index (χ0) is 13.9. The lowest BCUT2D eigenvalue weighted by molar-refractivity contribution is -0.384. The molecule has 1 aromatic rings. The Hall–Kier alpha value is -1.04. The van der Waals surface area contributed by atoms with Crippen LogP contribution in [0.2, 0.25) is 10.0 Å². The molecule has 0 aromatic heterocycles. The molecule has 0 amide bonds. The van der Waals surface area contributed by atoms with E-state index in [2.05, 4.69) is 0 Å². The van der Waals surface area contributed by atoms with Gasteiger partial charge in [-0.3, -0.25) is 10.1 Å². The highest BCUT2D eigenvalue weighted by Gasteiger charge is 2.17. The van der Waals surface area contributed by atoms with Crippen molar-refractivity contribution in [1.82, 2.24) is 0 Å². The minimum Gasteiger partial charge on any atom is -0.393 e. The first-order valence-corrected chi connectivity index (χ1v) is 6.11. The molecular formula is C11H14Cl2N2O3. The van der Waals surface area contributed by atoms with Crippen molar-refractivity contribution in [3.8, 4) is 0 Å². The largest absolute Gasteiger partial charge is 0.393 e. The molecule has 0 radical (unpaired) electrons. The minimum atomic E-state index is -0.544. The summed E-state index contributed by atoms with van der Waals surface area (Å²) < 4.78 is 0. The maximum Gasteiger partial charge on any atom is 0.272 e. The van der Waals surface area contributed by atoms with Crippen molar-refractivity contribution in [3.63, 3.8) is 0 Å². The van der Waals surface area contributed by atoms with Crippen molar-refractivity contribution < 1.29 is 10.0 Å². The van der Waals surface area contributed by atoms with E-state index in [0.29, 0.717) is 18.7 Å². The van der Waals surface area contributed by atoms with E-state index in [1.165, 1.54) is 12.1 Å². The minimum absolute atomic E-state index is 0.141. The van der Waals surface area contributed by atoms with Crippen LogP contribution in [0, 0.1) is 10.1 Å². The van der Waals surface area contributed by atoms with E-state index in [4.69, 9.17) is 23.2 Å². The van der Waals surface area contributed by atoms with E-state index in [0.717, 1.165) is 0 Å². The molecule has 0 bridgehead atoms. The lowest BCUT2D eigenvalue weighted by Gasteiger charge is -2.22. The van der Waals surface area contributed by atoms with Crippen molar-refractivity contribution in [2.24, 2.45) is 0 Å². The molecule has 7 heteroatoms. The molecule has 1 unspecified atom stereocenters. The van der Waals surface area contributed by atoms with Gasteiger partial charge in [0.1, 0.15) is 0 Å². The van der Waals surface area contributed by atoms with Gasteiger partial charge in [0, 0.05) is 25.7 Å². The van der Waals surface area contributed by atoms with Crippen LogP contribution in [-0.4, -0.2) is 29.7 Å². The molecule has 1 rings (SSSR count). The van der Waals surface area contributed by atoms with Gasteiger partial charge in [0.2, 0.25) is 0 Å². The first-order chi connectivity index (χ1) is 8.32. The van der Waals surface area contributed by atoms with E-state index < -0.39 is 11.0 Å². The topological polar surface area (TPSA) is 66.6 Å². The molecule has 0 heterocycles. The second kappa shape index (κ2) is 6.22. The van der Waals surface area contributed by atoms with Crippen molar-refractivity contribution in [3.05, 3.63) is 32.3 Å². The number of nitrogens with zero attached hydrogens (tertiary/aromatic N) is 2. The molecule has 1 atom stereocenters. The number of aliphatic hydroxyl groups excluding tert-OH is 1. The molecule has 100 valence electrons. The first-order valence-electron chi connectivity index (χ1n) is 5.35. The molecule has 0 saturated heterocycles. The number of aliphatic hydroxyl groups is 1. The van der Waals surface area contributed by atoms with Gasteiger partial charge < -0.3 is 10.0 Å². The van der Waals surface area contributed by atoms with Gasteiger partial charge in [-0.25, -0.2) is 0 Å². The van der Waals surface area contributed by atoms with E-state index in [1.807, 2.05) is 0 Å². The van der Waals surface area contributed by atoms with Crippen molar-refractivity contribution >= 4 is 34.6 Å². The monoisotopic (exact) mass is 292 g/mol. The van der Waals surface area contributed by atoms with Crippen LogP contribution in [0.15, 0.2) is 12.1 Å². The predicted octanol–water partition coefficient (Wildman–Crippen LogP) is 3.11. The molecule has 0 aliphatic heterocycles. The summed E-state index contributed by atoms with van der Waals surface area (Å²) in [5, 5.41) is 20.3. The standard InChI is InChI=1S/C11H14Cl2N2O3/c1-7(16)3-4-14(2)11-9(12)5-8(15(17)18)6-10(11)13/h5-7,16H,3-4H2,1-2H3. The molecule has 5 nitrogen and oxygen atoms in total.